The van der Waals surface area contributed by atoms with Crippen LogP contribution in [0.3, 0.4) is 0 Å². The van der Waals surface area contributed by atoms with Crippen molar-refractivity contribution < 1.29 is 15.0 Å². The Kier molecular flexibility index (Phi) is 5.35. The van der Waals surface area contributed by atoms with E-state index in [1.54, 1.807) is 11.8 Å². The topological polar surface area (TPSA) is 57.5 Å². The third-order valence-corrected chi connectivity index (χ3v) is 3.47. The second kappa shape index (κ2) is 6.55. The molecule has 0 aliphatic rings. The van der Waals surface area contributed by atoms with Crippen LogP contribution in [-0.4, -0.2) is 28.5 Å². The first-order valence-electron chi connectivity index (χ1n) is 5.16. The van der Waals surface area contributed by atoms with Crippen LogP contribution in [-0.2, 0) is 11.2 Å². The van der Waals surface area contributed by atoms with E-state index in [1.807, 2.05) is 31.2 Å². The predicted octanol–water partition coefficient (Wildman–Crippen LogP) is 2.03. The van der Waals surface area contributed by atoms with Gasteiger partial charge in [0, 0.05) is 17.3 Å². The van der Waals surface area contributed by atoms with E-state index in [-0.39, 0.29) is 18.9 Å². The summed E-state index contributed by atoms with van der Waals surface area (Å²) in [4.78, 5) is 11.6. The molecule has 3 nitrogen and oxygen atoms in total. The highest BCUT2D eigenvalue weighted by Crippen LogP contribution is 2.21. The molecule has 16 heavy (non-hydrogen) atoms. The van der Waals surface area contributed by atoms with Crippen molar-refractivity contribution in [2.75, 3.05) is 12.4 Å². The zero-order valence-electron chi connectivity index (χ0n) is 9.22. The monoisotopic (exact) mass is 240 g/mol. The Morgan fingerprint density at radius 3 is 2.50 bits per heavy atom. The zero-order valence-corrected chi connectivity index (χ0v) is 10.0. The third-order valence-electron chi connectivity index (χ3n) is 2.12. The van der Waals surface area contributed by atoms with Crippen LogP contribution in [0.4, 0.5) is 0 Å². The smallest absolute Gasteiger partial charge is 0.307 e. The van der Waals surface area contributed by atoms with Crippen LogP contribution in [0.2, 0.25) is 0 Å². The molecular weight excluding hydrogens is 224 g/mol. The molecule has 0 saturated heterocycles. The van der Waals surface area contributed by atoms with Crippen LogP contribution in [0.1, 0.15) is 12.5 Å². The molecule has 1 unspecified atom stereocenters. The van der Waals surface area contributed by atoms with Crippen LogP contribution < -0.4 is 0 Å². The Hall–Kier alpha value is -1.00. The van der Waals surface area contributed by atoms with E-state index in [0.29, 0.717) is 0 Å². The molecule has 0 spiro atoms. The van der Waals surface area contributed by atoms with E-state index in [9.17, 15) is 4.79 Å². The average Bonchev–Trinajstić information content (AvgIpc) is 2.27. The Morgan fingerprint density at radius 1 is 1.38 bits per heavy atom. The number of hydrogen-bond donors (Lipinski definition) is 2. The summed E-state index contributed by atoms with van der Waals surface area (Å²) < 4.78 is 0. The molecular formula is C12H16O3S. The van der Waals surface area contributed by atoms with Crippen molar-refractivity contribution in [3.05, 3.63) is 29.8 Å². The minimum atomic E-state index is -0.811. The Morgan fingerprint density at radius 2 is 2.00 bits per heavy atom. The summed E-state index contributed by atoms with van der Waals surface area (Å²) in [6.07, 6.45) is 0.0674. The lowest BCUT2D eigenvalue weighted by Gasteiger charge is -2.07. The largest absolute Gasteiger partial charge is 0.481 e. The first-order chi connectivity index (χ1) is 7.61. The van der Waals surface area contributed by atoms with Crippen molar-refractivity contribution in [1.29, 1.82) is 0 Å². The maximum Gasteiger partial charge on any atom is 0.307 e. The molecule has 0 aliphatic carbocycles. The normalized spacial score (nSPS) is 12.4. The van der Waals surface area contributed by atoms with Gasteiger partial charge in [-0.1, -0.05) is 19.1 Å². The molecule has 0 bridgehead atoms. The van der Waals surface area contributed by atoms with Crippen LogP contribution in [0, 0.1) is 5.92 Å². The summed E-state index contributed by atoms with van der Waals surface area (Å²) in [6, 6.07) is 7.51. The van der Waals surface area contributed by atoms with Crippen molar-refractivity contribution >= 4 is 17.7 Å². The number of benzene rings is 1. The second-order valence-corrected chi connectivity index (χ2v) is 4.91. The summed E-state index contributed by atoms with van der Waals surface area (Å²) in [5.41, 5.74) is 0.812. The van der Waals surface area contributed by atoms with Gasteiger partial charge in [0.05, 0.1) is 6.42 Å². The first kappa shape index (κ1) is 13.1. The summed E-state index contributed by atoms with van der Waals surface area (Å²) in [5.74, 6) is 0.340. The molecule has 1 aromatic rings. The lowest BCUT2D eigenvalue weighted by molar-refractivity contribution is -0.136. The maximum absolute atomic E-state index is 10.5. The number of aliphatic hydroxyl groups is 1. The van der Waals surface area contributed by atoms with E-state index in [2.05, 4.69) is 0 Å². The van der Waals surface area contributed by atoms with Gasteiger partial charge >= 0.3 is 5.97 Å². The standard InChI is InChI=1S/C12H16O3S/c1-9(7-13)8-16-11-4-2-10(3-5-11)6-12(14)15/h2-5,9,13H,6-8H2,1H3,(H,14,15). The quantitative estimate of drug-likeness (QED) is 0.747. The third kappa shape index (κ3) is 4.68. The summed E-state index contributed by atoms with van der Waals surface area (Å²) >= 11 is 1.67. The number of thioether (sulfide) groups is 1. The number of aliphatic carboxylic acids is 1. The van der Waals surface area contributed by atoms with E-state index < -0.39 is 5.97 Å². The Labute approximate surface area is 99.5 Å². The predicted molar refractivity (Wildman–Crippen MR) is 64.8 cm³/mol. The lowest BCUT2D eigenvalue weighted by atomic mass is 10.2. The van der Waals surface area contributed by atoms with Crippen molar-refractivity contribution in [3.8, 4) is 0 Å². The zero-order chi connectivity index (χ0) is 12.0. The number of aliphatic hydroxyl groups excluding tert-OH is 1. The van der Waals surface area contributed by atoms with Crippen molar-refractivity contribution in [3.63, 3.8) is 0 Å². The molecule has 0 heterocycles. The highest BCUT2D eigenvalue weighted by molar-refractivity contribution is 7.99. The van der Waals surface area contributed by atoms with Crippen molar-refractivity contribution in [2.24, 2.45) is 5.92 Å². The Balaban J connectivity index is 2.48. The number of carbonyl (C=O) groups is 1. The van der Waals surface area contributed by atoms with Crippen LogP contribution >= 0.6 is 11.8 Å². The van der Waals surface area contributed by atoms with Crippen LogP contribution in [0.25, 0.3) is 0 Å². The van der Waals surface area contributed by atoms with Gasteiger partial charge in [-0.2, -0.15) is 0 Å². The maximum atomic E-state index is 10.5. The van der Waals surface area contributed by atoms with Crippen molar-refractivity contribution in [1.82, 2.24) is 0 Å². The fourth-order valence-corrected chi connectivity index (χ4v) is 2.08. The fourth-order valence-electron chi connectivity index (χ4n) is 1.17. The number of carboxylic acids is 1. The van der Waals surface area contributed by atoms with Crippen molar-refractivity contribution in [2.45, 2.75) is 18.2 Å². The second-order valence-electron chi connectivity index (χ2n) is 3.81. The average molecular weight is 240 g/mol. The van der Waals surface area contributed by atoms with Gasteiger partial charge in [0.2, 0.25) is 0 Å². The molecule has 0 amide bonds. The first-order valence-corrected chi connectivity index (χ1v) is 6.14. The lowest BCUT2D eigenvalue weighted by Crippen LogP contribution is -2.03. The molecule has 2 N–H and O–H groups in total. The van der Waals surface area contributed by atoms with Gasteiger partial charge in [-0.25, -0.2) is 0 Å². The molecule has 0 aromatic heterocycles. The molecule has 1 aromatic carbocycles. The summed E-state index contributed by atoms with van der Waals surface area (Å²) in [6.45, 7) is 2.19. The SMILES string of the molecule is CC(CO)CSc1ccc(CC(=O)O)cc1. The highest BCUT2D eigenvalue weighted by atomic mass is 32.2. The van der Waals surface area contributed by atoms with Gasteiger partial charge in [0.25, 0.3) is 0 Å². The number of hydrogen-bond acceptors (Lipinski definition) is 3. The molecule has 4 heteroatoms. The number of rotatable bonds is 6. The molecule has 0 aliphatic heterocycles. The molecule has 1 rings (SSSR count). The van der Waals surface area contributed by atoms with Crippen LogP contribution in [0.5, 0.6) is 0 Å². The molecule has 1 atom stereocenters. The van der Waals surface area contributed by atoms with Gasteiger partial charge in [0.1, 0.15) is 0 Å². The fraction of sp³-hybridized carbons (Fsp3) is 0.417. The van der Waals surface area contributed by atoms with E-state index in [0.717, 1.165) is 16.2 Å². The minimum absolute atomic E-state index is 0.0674. The van der Waals surface area contributed by atoms with Crippen LogP contribution in [0.15, 0.2) is 29.2 Å². The van der Waals surface area contributed by atoms with Gasteiger partial charge in [0.15, 0.2) is 0 Å². The summed E-state index contributed by atoms with van der Waals surface area (Å²) in [5, 5.41) is 17.5. The van der Waals surface area contributed by atoms with E-state index in [4.69, 9.17) is 10.2 Å². The van der Waals surface area contributed by atoms with Gasteiger partial charge in [-0.05, 0) is 23.6 Å². The molecule has 88 valence electrons. The van der Waals surface area contributed by atoms with Gasteiger partial charge in [-0.3, -0.25) is 4.79 Å². The van der Waals surface area contributed by atoms with E-state index in [1.165, 1.54) is 0 Å². The molecule has 0 radical (unpaired) electrons. The number of carboxylic acid groups (broad SMARTS) is 1. The summed E-state index contributed by atoms with van der Waals surface area (Å²) in [7, 11) is 0. The Bertz CT molecular complexity index is 335. The van der Waals surface area contributed by atoms with E-state index >= 15 is 0 Å². The molecule has 0 fully saturated rings. The molecule has 0 saturated carbocycles. The minimum Gasteiger partial charge on any atom is -0.481 e. The van der Waals surface area contributed by atoms with Gasteiger partial charge in [-0.15, -0.1) is 11.8 Å². The highest BCUT2D eigenvalue weighted by Gasteiger charge is 2.03. The van der Waals surface area contributed by atoms with Gasteiger partial charge < -0.3 is 10.2 Å².